The molecule has 1 fully saturated rings. The van der Waals surface area contributed by atoms with Gasteiger partial charge in [-0.2, -0.15) is 27.1 Å². The molecule has 5 N–H and O–H groups in total. The number of nitrogens with one attached hydrogen (secondary N) is 3. The van der Waals surface area contributed by atoms with Crippen molar-refractivity contribution in [3.63, 3.8) is 0 Å². The highest BCUT2D eigenvalue weighted by Gasteiger charge is 2.46. The van der Waals surface area contributed by atoms with Crippen molar-refractivity contribution in [3.8, 4) is 16.9 Å². The van der Waals surface area contributed by atoms with Gasteiger partial charge in [-0.25, -0.2) is 17.8 Å². The van der Waals surface area contributed by atoms with Crippen LogP contribution < -0.4 is 20.5 Å². The molecule has 0 amide bonds. The van der Waals surface area contributed by atoms with Crippen LogP contribution in [0.3, 0.4) is 0 Å². The summed E-state index contributed by atoms with van der Waals surface area (Å²) in [6.07, 6.45) is -0.407. The quantitative estimate of drug-likeness (QED) is 0.102. The van der Waals surface area contributed by atoms with E-state index in [1.54, 1.807) is 20.2 Å². The van der Waals surface area contributed by atoms with E-state index in [2.05, 4.69) is 15.4 Å². The molecule has 50 heavy (non-hydrogen) atoms. The first-order valence-electron chi connectivity index (χ1n) is 15.2. The molecule has 0 bridgehead atoms. The maximum absolute atomic E-state index is 13.7. The van der Waals surface area contributed by atoms with Crippen molar-refractivity contribution < 1.29 is 39.5 Å². The van der Waals surface area contributed by atoms with Crippen LogP contribution in [0.15, 0.2) is 61.1 Å². The lowest BCUT2D eigenvalue weighted by Gasteiger charge is -2.38. The molecule has 2 aromatic carbocycles. The van der Waals surface area contributed by atoms with Gasteiger partial charge in [0.1, 0.15) is 29.5 Å². The number of ether oxygens (including phenoxy) is 1. The average Bonchev–Trinajstić information content (AvgIpc) is 3.55. The Hall–Kier alpha value is -4.84. The zero-order valence-electron chi connectivity index (χ0n) is 27.0. The van der Waals surface area contributed by atoms with Crippen molar-refractivity contribution in [2.24, 2.45) is 0 Å². The van der Waals surface area contributed by atoms with E-state index in [9.17, 15) is 34.8 Å². The number of pyridine rings is 1. The molecule has 268 valence electrons. The number of rotatable bonds is 11. The summed E-state index contributed by atoms with van der Waals surface area (Å²) in [5.74, 6) is -4.52. The van der Waals surface area contributed by atoms with Gasteiger partial charge >= 0.3 is 11.9 Å². The van der Waals surface area contributed by atoms with Crippen LogP contribution >= 0.6 is 0 Å². The molecular formula is C32H34F6N8O3S. The number of nitrogen functional groups attached to an aromatic ring is 1. The van der Waals surface area contributed by atoms with Crippen LogP contribution in [0.1, 0.15) is 48.6 Å². The Labute approximate surface area is 284 Å². The molecule has 0 aliphatic carbocycles. The van der Waals surface area contributed by atoms with Crippen LogP contribution in [0.2, 0.25) is 0 Å². The fraction of sp³-hybridized carbons (Fsp3) is 0.344. The van der Waals surface area contributed by atoms with Gasteiger partial charge in [0.2, 0.25) is 0 Å². The van der Waals surface area contributed by atoms with Crippen LogP contribution in [0, 0.1) is 11.2 Å². The summed E-state index contributed by atoms with van der Waals surface area (Å²) in [5.41, 5.74) is 7.73. The van der Waals surface area contributed by atoms with E-state index in [1.165, 1.54) is 65.4 Å². The predicted octanol–water partition coefficient (Wildman–Crippen LogP) is 6.43. The summed E-state index contributed by atoms with van der Waals surface area (Å²) < 4.78 is 114. The number of aromatic nitrogens is 3. The first-order valence-corrected chi connectivity index (χ1v) is 16.8. The van der Waals surface area contributed by atoms with Gasteiger partial charge in [-0.1, -0.05) is 18.2 Å². The van der Waals surface area contributed by atoms with Crippen LogP contribution in [0.5, 0.6) is 5.75 Å². The Bertz CT molecular complexity index is 1970. The van der Waals surface area contributed by atoms with Crippen molar-refractivity contribution in [2.75, 3.05) is 36.4 Å². The van der Waals surface area contributed by atoms with Crippen molar-refractivity contribution in [3.05, 3.63) is 83.6 Å². The van der Waals surface area contributed by atoms with Gasteiger partial charge < -0.3 is 15.8 Å². The third-order valence-corrected chi connectivity index (χ3v) is 9.49. The van der Waals surface area contributed by atoms with Gasteiger partial charge in [0.05, 0.1) is 34.9 Å². The molecule has 11 nitrogen and oxygen atoms in total. The second-order valence-electron chi connectivity index (χ2n) is 11.8. The number of sulfonamides is 1. The van der Waals surface area contributed by atoms with Crippen LogP contribution in [0.25, 0.3) is 11.1 Å². The number of anilines is 3. The van der Waals surface area contributed by atoms with Gasteiger partial charge in [0.15, 0.2) is 0 Å². The molecule has 3 atom stereocenters. The minimum Gasteiger partial charge on any atom is -0.484 e. The third-order valence-electron chi connectivity index (χ3n) is 8.52. The number of hydrogen-bond donors (Lipinski definition) is 4. The molecule has 2 unspecified atom stereocenters. The van der Waals surface area contributed by atoms with E-state index in [0.717, 1.165) is 6.07 Å². The third kappa shape index (κ3) is 7.65. The molecule has 2 aromatic heterocycles. The lowest BCUT2D eigenvalue weighted by Crippen LogP contribution is -2.49. The van der Waals surface area contributed by atoms with Crippen LogP contribution in [0.4, 0.5) is 43.5 Å². The zero-order valence-corrected chi connectivity index (χ0v) is 27.8. The normalized spacial score (nSPS) is 17.8. The van der Waals surface area contributed by atoms with Crippen molar-refractivity contribution in [1.29, 1.82) is 5.41 Å². The van der Waals surface area contributed by atoms with Crippen LogP contribution in [-0.4, -0.2) is 72.4 Å². The van der Waals surface area contributed by atoms with Crippen LogP contribution in [-0.2, 0) is 10.0 Å². The Morgan fingerprint density at radius 1 is 1.14 bits per heavy atom. The zero-order chi connectivity index (χ0) is 36.5. The Kier molecular flexibility index (Phi) is 10.3. The highest BCUT2D eigenvalue weighted by molar-refractivity contribution is 7.93. The number of nitrogens with zero attached hydrogens (tertiary/aromatic N) is 4. The van der Waals surface area contributed by atoms with Gasteiger partial charge in [0, 0.05) is 42.7 Å². The van der Waals surface area contributed by atoms with Gasteiger partial charge in [-0.3, -0.25) is 19.7 Å². The first-order chi connectivity index (χ1) is 23.5. The van der Waals surface area contributed by atoms with Gasteiger partial charge in [0.25, 0.3) is 10.0 Å². The minimum absolute atomic E-state index is 0.0662. The highest BCUT2D eigenvalue weighted by Crippen LogP contribution is 2.39. The minimum atomic E-state index is -5.11. The molecule has 0 saturated carbocycles. The molecule has 4 aromatic rings. The number of benzene rings is 2. The van der Waals surface area contributed by atoms with E-state index < -0.39 is 46.0 Å². The number of halogens is 6. The standard InChI is InChI=1S/C32H34F6N8O3S/c1-17(18-4-7-21(33)8-5-18)49-25-12-19(6-9-24(25)44-50(47,48)31(34)35)28(39)27-29(41-2)23(15-42-30(27)40)20-14-43-46(16-20)22-10-11-45(3)26(13-22)32(36,37)38/h4-9,12,14-17,22,26,31,39,44H,10-11,13H2,1-3H3,(H3,40,41,42)/t17-,22?,26?/m0/s1. The fourth-order valence-corrected chi connectivity index (χ4v) is 6.38. The lowest BCUT2D eigenvalue weighted by molar-refractivity contribution is -0.191. The molecule has 3 heterocycles. The second-order valence-corrected chi connectivity index (χ2v) is 13.4. The van der Waals surface area contributed by atoms with E-state index in [0.29, 0.717) is 28.8 Å². The molecular weight excluding hydrogens is 690 g/mol. The number of likely N-dealkylation sites (tertiary alicyclic amines) is 1. The monoisotopic (exact) mass is 724 g/mol. The second kappa shape index (κ2) is 14.2. The molecule has 1 aliphatic rings. The average molecular weight is 725 g/mol. The Morgan fingerprint density at radius 3 is 2.48 bits per heavy atom. The number of nitrogens with two attached hydrogens (primary N) is 1. The van der Waals surface area contributed by atoms with Crippen molar-refractivity contribution >= 4 is 32.9 Å². The smallest absolute Gasteiger partial charge is 0.404 e. The summed E-state index contributed by atoms with van der Waals surface area (Å²) >= 11 is 0. The lowest BCUT2D eigenvalue weighted by atomic mass is 9.96. The molecule has 1 saturated heterocycles. The highest BCUT2D eigenvalue weighted by atomic mass is 32.2. The molecule has 0 spiro atoms. The Balaban J connectivity index is 1.50. The number of alkyl halides is 5. The maximum Gasteiger partial charge on any atom is 0.404 e. The summed E-state index contributed by atoms with van der Waals surface area (Å²) in [6, 6.07) is 6.88. The van der Waals surface area contributed by atoms with Crippen molar-refractivity contribution in [2.45, 2.75) is 49.9 Å². The summed E-state index contributed by atoms with van der Waals surface area (Å²) in [7, 11) is -2.10. The summed E-state index contributed by atoms with van der Waals surface area (Å²) in [5, 5.41) is 16.5. The van der Waals surface area contributed by atoms with E-state index in [1.807, 2.05) is 4.72 Å². The van der Waals surface area contributed by atoms with Gasteiger partial charge in [-0.05, 0) is 56.6 Å². The summed E-state index contributed by atoms with van der Waals surface area (Å²) in [4.78, 5) is 5.54. The van der Waals surface area contributed by atoms with E-state index >= 15 is 0 Å². The SMILES string of the molecule is CNc1c(-c2cnn(C3CCN(C)C(C(F)(F)F)C3)c2)cnc(N)c1C(=N)c1ccc(NS(=O)(=O)C(F)F)c(O[C@@H](C)c2ccc(F)cc2)c1. The fourth-order valence-electron chi connectivity index (χ4n) is 5.82. The molecule has 5 rings (SSSR count). The topological polar surface area (TPSA) is 151 Å². The molecule has 1 aliphatic heterocycles. The largest absolute Gasteiger partial charge is 0.484 e. The predicted molar refractivity (Wildman–Crippen MR) is 177 cm³/mol. The van der Waals surface area contributed by atoms with E-state index in [-0.39, 0.29) is 47.1 Å². The molecule has 18 heteroatoms. The number of hydrogen-bond acceptors (Lipinski definition) is 9. The maximum atomic E-state index is 13.7. The summed E-state index contributed by atoms with van der Waals surface area (Å²) in [6.45, 7) is 1.81. The molecule has 0 radical (unpaired) electrons. The van der Waals surface area contributed by atoms with Crippen molar-refractivity contribution in [1.82, 2.24) is 19.7 Å². The number of piperidine rings is 1. The Morgan fingerprint density at radius 2 is 1.84 bits per heavy atom. The van der Waals surface area contributed by atoms with E-state index in [4.69, 9.17) is 15.9 Å². The van der Waals surface area contributed by atoms with Gasteiger partial charge in [-0.15, -0.1) is 0 Å². The first kappa shape index (κ1) is 36.4.